The lowest BCUT2D eigenvalue weighted by atomic mass is 9.85. The predicted octanol–water partition coefficient (Wildman–Crippen LogP) is 1.25. The third-order valence-corrected chi connectivity index (χ3v) is 4.33. The highest BCUT2D eigenvalue weighted by atomic mass is 15.2. The third kappa shape index (κ3) is 2.81. The number of aromatic nitrogens is 2. The van der Waals surface area contributed by atoms with Crippen LogP contribution in [0.25, 0.3) is 0 Å². The molecule has 0 aromatic carbocycles. The Labute approximate surface area is 114 Å². The normalized spacial score (nSPS) is 23.5. The number of anilines is 2. The topological polar surface area (TPSA) is 58.3 Å². The molecule has 0 radical (unpaired) electrons. The summed E-state index contributed by atoms with van der Waals surface area (Å²) in [5.41, 5.74) is 5.96. The zero-order valence-corrected chi connectivity index (χ0v) is 11.6. The highest BCUT2D eigenvalue weighted by Crippen LogP contribution is 2.28. The van der Waals surface area contributed by atoms with Crippen LogP contribution < -0.4 is 15.5 Å². The molecule has 19 heavy (non-hydrogen) atoms. The minimum absolute atomic E-state index is 0.283. The summed E-state index contributed by atoms with van der Waals surface area (Å²) in [6.07, 6.45) is 6.84. The number of nitrogens with two attached hydrogens (primary N) is 1. The quantitative estimate of drug-likeness (QED) is 0.884. The van der Waals surface area contributed by atoms with E-state index in [-0.39, 0.29) is 6.04 Å². The van der Waals surface area contributed by atoms with Gasteiger partial charge in [0, 0.05) is 38.8 Å². The molecule has 2 aliphatic rings. The highest BCUT2D eigenvalue weighted by molar-refractivity contribution is 5.50. The van der Waals surface area contributed by atoms with E-state index in [9.17, 15) is 0 Å². The molecule has 1 atom stereocenters. The summed E-state index contributed by atoms with van der Waals surface area (Å²) in [4.78, 5) is 13.3. The lowest BCUT2D eigenvalue weighted by molar-refractivity contribution is 0.321. The molecule has 1 aromatic rings. The molecule has 5 nitrogen and oxygen atoms in total. The van der Waals surface area contributed by atoms with Gasteiger partial charge in [-0.1, -0.05) is 6.42 Å². The van der Waals surface area contributed by atoms with Gasteiger partial charge in [-0.15, -0.1) is 0 Å². The molecule has 3 rings (SSSR count). The Hall–Kier alpha value is -1.36. The second kappa shape index (κ2) is 5.33. The number of hydrogen-bond acceptors (Lipinski definition) is 5. The van der Waals surface area contributed by atoms with Crippen LogP contribution in [0.3, 0.4) is 0 Å². The van der Waals surface area contributed by atoms with Crippen LogP contribution in [0.1, 0.15) is 25.7 Å². The maximum absolute atomic E-state index is 5.96. The van der Waals surface area contributed by atoms with E-state index >= 15 is 0 Å². The standard InChI is InChI=1S/C14H23N5/c1-18(8-11-3-2-4-11)13-7-14(17-10-16-13)19-6-5-12(15)9-19/h7,10-12H,2-6,8-9,15H2,1H3. The maximum Gasteiger partial charge on any atom is 0.134 e. The van der Waals surface area contributed by atoms with Crippen molar-refractivity contribution in [1.82, 2.24) is 9.97 Å². The van der Waals surface area contributed by atoms with Crippen LogP contribution in [-0.2, 0) is 0 Å². The summed E-state index contributed by atoms with van der Waals surface area (Å²) in [7, 11) is 2.13. The van der Waals surface area contributed by atoms with Crippen molar-refractivity contribution in [3.63, 3.8) is 0 Å². The smallest absolute Gasteiger partial charge is 0.134 e. The summed E-state index contributed by atoms with van der Waals surface area (Å²) in [5, 5.41) is 0. The number of hydrogen-bond donors (Lipinski definition) is 1. The van der Waals surface area contributed by atoms with Gasteiger partial charge in [-0.25, -0.2) is 9.97 Å². The van der Waals surface area contributed by atoms with Crippen molar-refractivity contribution in [2.45, 2.75) is 31.7 Å². The molecule has 0 amide bonds. The van der Waals surface area contributed by atoms with Crippen LogP contribution in [-0.4, -0.2) is 42.7 Å². The number of rotatable bonds is 4. The van der Waals surface area contributed by atoms with Gasteiger partial charge in [0.25, 0.3) is 0 Å². The van der Waals surface area contributed by atoms with Crippen molar-refractivity contribution in [3.8, 4) is 0 Å². The second-order valence-electron chi connectivity index (χ2n) is 5.91. The number of nitrogens with zero attached hydrogens (tertiary/aromatic N) is 4. The molecule has 2 fully saturated rings. The van der Waals surface area contributed by atoms with E-state index in [1.807, 2.05) is 0 Å². The molecular weight excluding hydrogens is 238 g/mol. The van der Waals surface area contributed by atoms with Gasteiger partial charge in [-0.05, 0) is 25.2 Å². The largest absolute Gasteiger partial charge is 0.359 e. The average molecular weight is 261 g/mol. The Bertz CT molecular complexity index is 432. The Morgan fingerprint density at radius 3 is 2.84 bits per heavy atom. The zero-order chi connectivity index (χ0) is 13.2. The molecule has 1 saturated carbocycles. The average Bonchev–Trinajstić information content (AvgIpc) is 2.80. The Balaban J connectivity index is 1.68. The molecule has 0 bridgehead atoms. The summed E-state index contributed by atoms with van der Waals surface area (Å²) in [5.74, 6) is 2.89. The van der Waals surface area contributed by atoms with Crippen molar-refractivity contribution in [2.24, 2.45) is 11.7 Å². The maximum atomic E-state index is 5.96. The van der Waals surface area contributed by atoms with E-state index in [4.69, 9.17) is 5.73 Å². The molecule has 1 aliphatic heterocycles. The van der Waals surface area contributed by atoms with E-state index in [0.717, 1.165) is 43.6 Å². The minimum atomic E-state index is 0.283. The van der Waals surface area contributed by atoms with Crippen LogP contribution in [0.15, 0.2) is 12.4 Å². The van der Waals surface area contributed by atoms with Crippen molar-refractivity contribution < 1.29 is 0 Å². The van der Waals surface area contributed by atoms with Crippen LogP contribution >= 0.6 is 0 Å². The molecule has 2 heterocycles. The van der Waals surface area contributed by atoms with Crippen molar-refractivity contribution in [3.05, 3.63) is 12.4 Å². The van der Waals surface area contributed by atoms with Gasteiger partial charge in [0.15, 0.2) is 0 Å². The minimum Gasteiger partial charge on any atom is -0.359 e. The Morgan fingerprint density at radius 1 is 1.37 bits per heavy atom. The molecule has 1 saturated heterocycles. The molecule has 1 aromatic heterocycles. The van der Waals surface area contributed by atoms with Gasteiger partial charge in [0.1, 0.15) is 18.0 Å². The fourth-order valence-corrected chi connectivity index (χ4v) is 2.87. The fourth-order valence-electron chi connectivity index (χ4n) is 2.87. The van der Waals surface area contributed by atoms with Crippen molar-refractivity contribution in [1.29, 1.82) is 0 Å². The van der Waals surface area contributed by atoms with Crippen LogP contribution in [0, 0.1) is 5.92 Å². The van der Waals surface area contributed by atoms with Crippen LogP contribution in [0.4, 0.5) is 11.6 Å². The highest BCUT2D eigenvalue weighted by Gasteiger charge is 2.22. The predicted molar refractivity (Wildman–Crippen MR) is 77.4 cm³/mol. The fraction of sp³-hybridized carbons (Fsp3) is 0.714. The van der Waals surface area contributed by atoms with E-state index < -0.39 is 0 Å². The molecular formula is C14H23N5. The summed E-state index contributed by atoms with van der Waals surface area (Å²) >= 11 is 0. The molecule has 0 spiro atoms. The van der Waals surface area contributed by atoms with Crippen LogP contribution in [0.5, 0.6) is 0 Å². The summed E-state index contributed by atoms with van der Waals surface area (Å²) in [6.45, 7) is 3.02. The second-order valence-corrected chi connectivity index (χ2v) is 5.91. The van der Waals surface area contributed by atoms with Crippen molar-refractivity contribution in [2.75, 3.05) is 36.5 Å². The van der Waals surface area contributed by atoms with Gasteiger partial charge in [0.05, 0.1) is 0 Å². The Kier molecular flexibility index (Phi) is 3.55. The van der Waals surface area contributed by atoms with Crippen molar-refractivity contribution >= 4 is 11.6 Å². The third-order valence-electron chi connectivity index (χ3n) is 4.33. The first-order chi connectivity index (χ1) is 9.22. The van der Waals surface area contributed by atoms with Gasteiger partial charge >= 0.3 is 0 Å². The summed E-state index contributed by atoms with van der Waals surface area (Å²) in [6, 6.07) is 2.38. The van der Waals surface area contributed by atoms with Gasteiger partial charge in [-0.3, -0.25) is 0 Å². The van der Waals surface area contributed by atoms with E-state index in [1.54, 1.807) is 6.33 Å². The SMILES string of the molecule is CN(CC1CCC1)c1cc(N2CCC(N)C2)ncn1. The van der Waals surface area contributed by atoms with Gasteiger partial charge < -0.3 is 15.5 Å². The summed E-state index contributed by atoms with van der Waals surface area (Å²) < 4.78 is 0. The van der Waals surface area contributed by atoms with E-state index in [1.165, 1.54) is 19.3 Å². The van der Waals surface area contributed by atoms with E-state index in [0.29, 0.717) is 0 Å². The molecule has 2 N–H and O–H groups in total. The first-order valence-corrected chi connectivity index (χ1v) is 7.26. The first kappa shape index (κ1) is 12.7. The lowest BCUT2D eigenvalue weighted by Gasteiger charge is -2.31. The lowest BCUT2D eigenvalue weighted by Crippen LogP contribution is -2.30. The van der Waals surface area contributed by atoms with Gasteiger partial charge in [-0.2, -0.15) is 0 Å². The zero-order valence-electron chi connectivity index (χ0n) is 11.6. The Morgan fingerprint density at radius 2 is 2.21 bits per heavy atom. The molecule has 1 unspecified atom stereocenters. The first-order valence-electron chi connectivity index (χ1n) is 7.26. The monoisotopic (exact) mass is 261 g/mol. The molecule has 104 valence electrons. The molecule has 1 aliphatic carbocycles. The van der Waals surface area contributed by atoms with Crippen LogP contribution in [0.2, 0.25) is 0 Å². The molecule has 5 heteroatoms. The van der Waals surface area contributed by atoms with E-state index in [2.05, 4.69) is 32.9 Å². The van der Waals surface area contributed by atoms with Gasteiger partial charge in [0.2, 0.25) is 0 Å².